The van der Waals surface area contributed by atoms with Gasteiger partial charge in [0.2, 0.25) is 0 Å². The van der Waals surface area contributed by atoms with Crippen LogP contribution in [0.5, 0.6) is 0 Å². The second-order valence-electron chi connectivity index (χ2n) is 12.0. The Balaban J connectivity index is 1.41. The molecule has 0 bridgehead atoms. The van der Waals surface area contributed by atoms with E-state index in [2.05, 4.69) is 17.1 Å². The van der Waals surface area contributed by atoms with Crippen LogP contribution in [0.3, 0.4) is 0 Å². The topological polar surface area (TPSA) is 88.6 Å². The van der Waals surface area contributed by atoms with Gasteiger partial charge in [-0.05, 0) is 73.3 Å². The highest BCUT2D eigenvalue weighted by molar-refractivity contribution is 6.07. The summed E-state index contributed by atoms with van der Waals surface area (Å²) >= 11 is 0. The van der Waals surface area contributed by atoms with Crippen molar-refractivity contribution in [3.8, 4) is 0 Å². The Hall–Kier alpha value is -3.85. The van der Waals surface area contributed by atoms with Gasteiger partial charge in [0.15, 0.2) is 0 Å². The number of ether oxygens (including phenoxy) is 2. The first-order valence-electron chi connectivity index (χ1n) is 14.0. The molecule has 0 radical (unpaired) electrons. The van der Waals surface area contributed by atoms with E-state index in [1.165, 1.54) is 25.1 Å². The molecule has 0 aliphatic heterocycles. The van der Waals surface area contributed by atoms with Crippen LogP contribution in [-0.4, -0.2) is 41.4 Å². The van der Waals surface area contributed by atoms with Gasteiger partial charge >= 0.3 is 18.1 Å². The van der Waals surface area contributed by atoms with E-state index >= 15 is 0 Å². The summed E-state index contributed by atoms with van der Waals surface area (Å²) in [6, 6.07) is 18.8. The number of carbonyl (C=O) groups is 2. The average molecular weight is 580 g/mol. The van der Waals surface area contributed by atoms with Gasteiger partial charge in [-0.2, -0.15) is 13.2 Å². The molecule has 1 heterocycles. The van der Waals surface area contributed by atoms with Crippen molar-refractivity contribution in [2.24, 2.45) is 11.3 Å². The van der Waals surface area contributed by atoms with Crippen molar-refractivity contribution in [3.63, 3.8) is 0 Å². The summed E-state index contributed by atoms with van der Waals surface area (Å²) in [7, 11) is 0.805. The van der Waals surface area contributed by atoms with Gasteiger partial charge in [-0.25, -0.2) is 4.79 Å². The number of aryl methyl sites for hydroxylation is 1. The summed E-state index contributed by atoms with van der Waals surface area (Å²) in [5.74, 6) is -3.37. The largest absolute Gasteiger partial charge is 0.481 e. The van der Waals surface area contributed by atoms with Crippen LogP contribution in [-0.2, 0) is 36.5 Å². The lowest BCUT2D eigenvalue weighted by Crippen LogP contribution is -2.61. The van der Waals surface area contributed by atoms with Gasteiger partial charge in [0.1, 0.15) is 11.5 Å². The standard InChI is InChI=1S/C33H32F3NO5/c1-30-16-15-27(42-29(40)32(41-3,33(34,35)36)20-9-5-4-6-10-20)31(2,28(38)39)26(30)14-13-19-17-25-22(18-23(19)30)21-11-7-8-12-24(21)37-25/h4-12,17-18,26-27,37H,13-16H2,1-3H3,(H,38,39)/t26-,27+,30-,31-,32-/m1/s1. The quantitative estimate of drug-likeness (QED) is 0.248. The maximum Gasteiger partial charge on any atom is 0.432 e. The molecule has 2 aliphatic rings. The summed E-state index contributed by atoms with van der Waals surface area (Å²) in [6.45, 7) is 3.55. The number of hydrogen-bond acceptors (Lipinski definition) is 4. The number of nitrogens with one attached hydrogen (secondary N) is 1. The zero-order valence-corrected chi connectivity index (χ0v) is 23.5. The normalized spacial score (nSPS) is 27.2. The molecule has 5 atom stereocenters. The fourth-order valence-corrected chi connectivity index (χ4v) is 7.78. The summed E-state index contributed by atoms with van der Waals surface area (Å²) in [6.07, 6.45) is -4.84. The van der Waals surface area contributed by atoms with Crippen LogP contribution in [0.4, 0.5) is 13.2 Å². The van der Waals surface area contributed by atoms with Gasteiger partial charge in [0.25, 0.3) is 5.60 Å². The fraction of sp³-hybridized carbons (Fsp3) is 0.394. The van der Waals surface area contributed by atoms with Crippen molar-refractivity contribution < 1.29 is 37.3 Å². The van der Waals surface area contributed by atoms with Crippen LogP contribution in [0.2, 0.25) is 0 Å². The number of alkyl halides is 3. The predicted octanol–water partition coefficient (Wildman–Crippen LogP) is 7.04. The van der Waals surface area contributed by atoms with E-state index in [1.54, 1.807) is 0 Å². The number of carbonyl (C=O) groups excluding carboxylic acids is 1. The molecule has 6 nitrogen and oxygen atoms in total. The van der Waals surface area contributed by atoms with Crippen LogP contribution < -0.4 is 0 Å². The maximum absolute atomic E-state index is 14.6. The molecule has 2 N–H and O–H groups in total. The molecule has 220 valence electrons. The number of halogens is 3. The molecular formula is C33H32F3NO5. The van der Waals surface area contributed by atoms with E-state index in [0.717, 1.165) is 52.2 Å². The van der Waals surface area contributed by atoms with E-state index in [9.17, 15) is 27.9 Å². The smallest absolute Gasteiger partial charge is 0.432 e. The van der Waals surface area contributed by atoms with E-state index in [1.807, 2.05) is 31.2 Å². The lowest BCUT2D eigenvalue weighted by atomic mass is 9.49. The zero-order chi connectivity index (χ0) is 30.1. The first kappa shape index (κ1) is 28.3. The Morgan fingerprint density at radius 1 is 0.952 bits per heavy atom. The van der Waals surface area contributed by atoms with Crippen LogP contribution in [0.15, 0.2) is 66.7 Å². The van der Waals surface area contributed by atoms with Crippen molar-refractivity contribution in [1.82, 2.24) is 4.98 Å². The SMILES string of the molecule is CO[C@@](C(=O)O[C@H]1CC[C@]2(C)c3cc4c(cc3CC[C@H]2[C@@]1(C)C(=O)O)[nH]c1ccccc14)(c1ccccc1)C(F)(F)F. The number of hydrogen-bond donors (Lipinski definition) is 2. The molecule has 1 saturated carbocycles. The number of fused-ring (bicyclic) bond motifs is 6. The molecular weight excluding hydrogens is 547 g/mol. The molecule has 3 aromatic carbocycles. The third-order valence-corrected chi connectivity index (χ3v) is 10.0. The van der Waals surface area contributed by atoms with Crippen molar-refractivity contribution in [1.29, 1.82) is 0 Å². The first-order valence-corrected chi connectivity index (χ1v) is 14.0. The molecule has 2 aliphatic carbocycles. The highest BCUT2D eigenvalue weighted by Gasteiger charge is 2.67. The van der Waals surface area contributed by atoms with Gasteiger partial charge in [-0.15, -0.1) is 0 Å². The highest BCUT2D eigenvalue weighted by Crippen LogP contribution is 2.59. The number of aromatic amines is 1. The van der Waals surface area contributed by atoms with E-state index in [4.69, 9.17) is 9.47 Å². The number of aromatic nitrogens is 1. The van der Waals surface area contributed by atoms with Crippen LogP contribution in [0.25, 0.3) is 21.8 Å². The Kier molecular flexibility index (Phi) is 6.46. The fourth-order valence-electron chi connectivity index (χ4n) is 7.78. The molecule has 6 rings (SSSR count). The molecule has 1 fully saturated rings. The number of rotatable bonds is 5. The molecule has 0 spiro atoms. The monoisotopic (exact) mass is 579 g/mol. The van der Waals surface area contributed by atoms with Crippen LogP contribution in [0, 0.1) is 11.3 Å². The minimum atomic E-state index is -5.16. The molecule has 42 heavy (non-hydrogen) atoms. The van der Waals surface area contributed by atoms with Crippen LogP contribution >= 0.6 is 0 Å². The number of methoxy groups -OCH3 is 1. The summed E-state index contributed by atoms with van der Waals surface area (Å²) < 4.78 is 54.3. The van der Waals surface area contributed by atoms with Gasteiger partial charge in [0.05, 0.1) is 0 Å². The molecule has 1 aromatic heterocycles. The van der Waals surface area contributed by atoms with Crippen molar-refractivity contribution in [3.05, 3.63) is 83.4 Å². The van der Waals surface area contributed by atoms with Crippen molar-refractivity contribution >= 4 is 33.7 Å². The Morgan fingerprint density at radius 3 is 2.31 bits per heavy atom. The van der Waals surface area contributed by atoms with Crippen LogP contribution in [0.1, 0.15) is 49.8 Å². The molecule has 4 aromatic rings. The third-order valence-electron chi connectivity index (χ3n) is 10.0. The summed E-state index contributed by atoms with van der Waals surface area (Å²) in [4.78, 5) is 30.1. The van der Waals surface area contributed by atoms with E-state index in [0.29, 0.717) is 19.3 Å². The minimum Gasteiger partial charge on any atom is -0.481 e. The lowest BCUT2D eigenvalue weighted by molar-refractivity contribution is -0.281. The van der Waals surface area contributed by atoms with E-state index < -0.39 is 52.1 Å². The van der Waals surface area contributed by atoms with E-state index in [-0.39, 0.29) is 6.42 Å². The first-order chi connectivity index (χ1) is 19.9. The minimum absolute atomic E-state index is 0.0827. The zero-order valence-electron chi connectivity index (χ0n) is 23.5. The number of aliphatic carboxylic acids is 1. The lowest BCUT2D eigenvalue weighted by Gasteiger charge is -2.56. The van der Waals surface area contributed by atoms with Crippen molar-refractivity contribution in [2.45, 2.75) is 62.8 Å². The number of carboxylic acid groups (broad SMARTS) is 1. The van der Waals surface area contributed by atoms with Gasteiger partial charge < -0.3 is 19.6 Å². The summed E-state index contributed by atoms with van der Waals surface area (Å²) in [5, 5.41) is 12.7. The van der Waals surface area contributed by atoms with Gasteiger partial charge in [0, 0.05) is 34.5 Å². The highest BCUT2D eigenvalue weighted by atomic mass is 19.4. The number of benzene rings is 3. The Morgan fingerprint density at radius 2 is 1.64 bits per heavy atom. The molecule has 0 unspecified atom stereocenters. The molecule has 0 saturated heterocycles. The Labute approximate surface area is 240 Å². The second-order valence-corrected chi connectivity index (χ2v) is 12.0. The van der Waals surface area contributed by atoms with Gasteiger partial charge in [-0.1, -0.05) is 55.5 Å². The third kappa shape index (κ3) is 3.82. The van der Waals surface area contributed by atoms with Crippen molar-refractivity contribution in [2.75, 3.05) is 7.11 Å². The number of esters is 1. The number of carboxylic acids is 1. The number of para-hydroxylation sites is 1. The molecule has 9 heteroatoms. The second kappa shape index (κ2) is 9.59. The number of H-pyrrole nitrogens is 1. The summed E-state index contributed by atoms with van der Waals surface area (Å²) in [5.41, 5.74) is -1.90. The Bertz CT molecular complexity index is 1700. The predicted molar refractivity (Wildman–Crippen MR) is 151 cm³/mol. The maximum atomic E-state index is 14.6. The average Bonchev–Trinajstić information content (AvgIpc) is 3.32. The van der Waals surface area contributed by atoms with Gasteiger partial charge in [-0.3, -0.25) is 4.79 Å². The molecule has 0 amide bonds.